The summed E-state index contributed by atoms with van der Waals surface area (Å²) in [4.78, 5) is 6.03. The first-order valence-electron chi connectivity index (χ1n) is 7.54. The van der Waals surface area contributed by atoms with Gasteiger partial charge in [-0.1, -0.05) is 36.4 Å². The van der Waals surface area contributed by atoms with Crippen LogP contribution in [0.2, 0.25) is 0 Å². The lowest BCUT2D eigenvalue weighted by Gasteiger charge is -2.13. The lowest BCUT2D eigenvalue weighted by Crippen LogP contribution is -1.95. The summed E-state index contributed by atoms with van der Waals surface area (Å²) in [5.74, 6) is 0. The predicted octanol–water partition coefficient (Wildman–Crippen LogP) is 5.85. The van der Waals surface area contributed by atoms with Crippen LogP contribution in [-0.4, -0.2) is 11.2 Å². The van der Waals surface area contributed by atoms with Crippen molar-refractivity contribution >= 4 is 44.9 Å². The first-order chi connectivity index (χ1) is 11.3. The number of nitrogens with one attached hydrogen (secondary N) is 1. The summed E-state index contributed by atoms with van der Waals surface area (Å²) in [5.41, 5.74) is 4.22. The van der Waals surface area contributed by atoms with Crippen LogP contribution in [0.3, 0.4) is 0 Å². The number of pyridine rings is 1. The van der Waals surface area contributed by atoms with Crippen molar-refractivity contribution in [1.82, 2.24) is 4.98 Å². The second-order valence-corrected chi connectivity index (χ2v) is 6.25. The number of hydrogen-bond donors (Lipinski definition) is 1. The fourth-order valence-corrected chi connectivity index (χ4v) is 3.20. The molecule has 4 aromatic rings. The van der Waals surface area contributed by atoms with E-state index in [0.29, 0.717) is 0 Å². The summed E-state index contributed by atoms with van der Waals surface area (Å²) in [5, 5.41) is 5.87. The van der Waals surface area contributed by atoms with Gasteiger partial charge in [-0.2, -0.15) is 0 Å². The number of fused-ring (bicyclic) bond motifs is 2. The zero-order chi connectivity index (χ0) is 15.6. The minimum absolute atomic E-state index is 1.01. The molecular weight excluding hydrogens is 300 g/mol. The molecule has 0 saturated carbocycles. The van der Waals surface area contributed by atoms with Crippen molar-refractivity contribution in [3.63, 3.8) is 0 Å². The first-order valence-corrected chi connectivity index (χ1v) is 8.76. The van der Waals surface area contributed by atoms with Crippen LogP contribution in [0.4, 0.5) is 11.4 Å². The Hall–Kier alpha value is -2.52. The minimum atomic E-state index is 1.01. The monoisotopic (exact) mass is 316 g/mol. The summed E-state index contributed by atoms with van der Waals surface area (Å²) >= 11 is 1.75. The van der Waals surface area contributed by atoms with Gasteiger partial charge in [-0.25, -0.2) is 4.98 Å². The summed E-state index contributed by atoms with van der Waals surface area (Å²) in [6.45, 7) is 0. The van der Waals surface area contributed by atoms with Crippen LogP contribution >= 0.6 is 11.8 Å². The van der Waals surface area contributed by atoms with Gasteiger partial charge < -0.3 is 5.32 Å². The molecule has 0 radical (unpaired) electrons. The van der Waals surface area contributed by atoms with E-state index in [0.717, 1.165) is 33.2 Å². The Bertz CT molecular complexity index is 924. The summed E-state index contributed by atoms with van der Waals surface area (Å²) in [7, 11) is 0. The fraction of sp³-hybridized carbons (Fsp3) is 0.0500. The van der Waals surface area contributed by atoms with Crippen LogP contribution in [0.25, 0.3) is 21.8 Å². The topological polar surface area (TPSA) is 24.9 Å². The summed E-state index contributed by atoms with van der Waals surface area (Å²) in [6.07, 6.45) is 2.09. The van der Waals surface area contributed by atoms with E-state index >= 15 is 0 Å². The minimum Gasteiger partial charge on any atom is -0.354 e. The maximum atomic E-state index is 4.76. The van der Waals surface area contributed by atoms with Gasteiger partial charge in [0.05, 0.1) is 16.7 Å². The summed E-state index contributed by atoms with van der Waals surface area (Å²) in [6, 6.07) is 25.0. The lowest BCUT2D eigenvalue weighted by molar-refractivity contribution is 1.44. The molecule has 0 atom stereocenters. The Morgan fingerprint density at radius 3 is 1.87 bits per heavy atom. The highest BCUT2D eigenvalue weighted by atomic mass is 32.2. The molecule has 0 saturated heterocycles. The maximum absolute atomic E-state index is 4.76. The third kappa shape index (κ3) is 2.64. The molecule has 0 spiro atoms. The Morgan fingerprint density at radius 2 is 1.30 bits per heavy atom. The molecule has 1 aromatic heterocycles. The zero-order valence-electron chi connectivity index (χ0n) is 12.8. The molecule has 23 heavy (non-hydrogen) atoms. The standard InChI is InChI=1S/C20H16N2S/c1-23-15-12-10-14(11-13-15)21-20-16-6-2-4-8-18(16)22-19-9-5-3-7-17(19)20/h2-13H,1H3,(H,21,22). The Labute approximate surface area is 139 Å². The number of thioether (sulfide) groups is 1. The van der Waals surface area contributed by atoms with Crippen molar-refractivity contribution in [2.75, 3.05) is 11.6 Å². The lowest BCUT2D eigenvalue weighted by atomic mass is 10.1. The average molecular weight is 316 g/mol. The molecule has 0 aliphatic heterocycles. The molecule has 0 unspecified atom stereocenters. The Kier molecular flexibility index (Phi) is 3.64. The van der Waals surface area contributed by atoms with Gasteiger partial charge in [0, 0.05) is 21.4 Å². The first kappa shape index (κ1) is 14.1. The number of aromatic nitrogens is 1. The third-order valence-electron chi connectivity index (χ3n) is 3.95. The molecule has 0 fully saturated rings. The van der Waals surface area contributed by atoms with Gasteiger partial charge in [-0.15, -0.1) is 11.8 Å². The molecule has 4 rings (SSSR count). The predicted molar refractivity (Wildman–Crippen MR) is 101 cm³/mol. The fourth-order valence-electron chi connectivity index (χ4n) is 2.79. The van der Waals surface area contributed by atoms with Crippen molar-refractivity contribution in [2.24, 2.45) is 0 Å². The van der Waals surface area contributed by atoms with E-state index in [-0.39, 0.29) is 0 Å². The molecule has 1 N–H and O–H groups in total. The molecule has 1 heterocycles. The highest BCUT2D eigenvalue weighted by molar-refractivity contribution is 7.98. The molecule has 0 amide bonds. The largest absolute Gasteiger partial charge is 0.354 e. The van der Waals surface area contributed by atoms with Crippen molar-refractivity contribution in [2.45, 2.75) is 4.90 Å². The van der Waals surface area contributed by atoms with E-state index in [9.17, 15) is 0 Å². The van der Waals surface area contributed by atoms with Crippen LogP contribution in [0.5, 0.6) is 0 Å². The molecule has 0 aliphatic carbocycles. The number of hydrogen-bond acceptors (Lipinski definition) is 3. The van der Waals surface area contributed by atoms with E-state index < -0.39 is 0 Å². The number of anilines is 2. The zero-order valence-corrected chi connectivity index (χ0v) is 13.6. The van der Waals surface area contributed by atoms with Crippen LogP contribution in [0, 0.1) is 0 Å². The van der Waals surface area contributed by atoms with Crippen LogP contribution in [0.15, 0.2) is 77.7 Å². The van der Waals surface area contributed by atoms with Gasteiger partial charge in [0.25, 0.3) is 0 Å². The number of benzene rings is 3. The van der Waals surface area contributed by atoms with Gasteiger partial charge in [0.15, 0.2) is 0 Å². The highest BCUT2D eigenvalue weighted by Crippen LogP contribution is 2.33. The normalized spacial score (nSPS) is 11.0. The van der Waals surface area contributed by atoms with Crippen molar-refractivity contribution < 1.29 is 0 Å². The number of rotatable bonds is 3. The van der Waals surface area contributed by atoms with Crippen LogP contribution < -0.4 is 5.32 Å². The smallest absolute Gasteiger partial charge is 0.0730 e. The van der Waals surface area contributed by atoms with Crippen LogP contribution in [-0.2, 0) is 0 Å². The second kappa shape index (κ2) is 5.94. The average Bonchev–Trinajstić information content (AvgIpc) is 2.62. The van der Waals surface area contributed by atoms with Gasteiger partial charge >= 0.3 is 0 Å². The van der Waals surface area contributed by atoms with Gasteiger partial charge in [0.1, 0.15) is 0 Å². The molecule has 112 valence electrons. The third-order valence-corrected chi connectivity index (χ3v) is 4.69. The van der Waals surface area contributed by atoms with E-state index in [1.165, 1.54) is 4.90 Å². The van der Waals surface area contributed by atoms with Crippen molar-refractivity contribution in [1.29, 1.82) is 0 Å². The van der Waals surface area contributed by atoms with Gasteiger partial charge in [0.2, 0.25) is 0 Å². The number of para-hydroxylation sites is 2. The summed E-state index contributed by atoms with van der Waals surface area (Å²) < 4.78 is 0. The number of nitrogens with zero attached hydrogens (tertiary/aromatic N) is 1. The van der Waals surface area contributed by atoms with E-state index in [4.69, 9.17) is 4.98 Å². The SMILES string of the molecule is CSc1ccc(Nc2c3ccccc3nc3ccccc23)cc1. The van der Waals surface area contributed by atoms with E-state index in [1.54, 1.807) is 11.8 Å². The van der Waals surface area contributed by atoms with E-state index in [1.807, 2.05) is 12.1 Å². The maximum Gasteiger partial charge on any atom is 0.0730 e. The van der Waals surface area contributed by atoms with Gasteiger partial charge in [-0.05, 0) is 42.7 Å². The van der Waals surface area contributed by atoms with Crippen LogP contribution in [0.1, 0.15) is 0 Å². The molecule has 2 nitrogen and oxygen atoms in total. The molecule has 0 bridgehead atoms. The Balaban J connectivity index is 1.91. The Morgan fingerprint density at radius 1 is 0.739 bits per heavy atom. The molecule has 3 aromatic carbocycles. The molecule has 3 heteroatoms. The highest BCUT2D eigenvalue weighted by Gasteiger charge is 2.08. The van der Waals surface area contributed by atoms with Gasteiger partial charge in [-0.3, -0.25) is 0 Å². The molecular formula is C20H16N2S. The second-order valence-electron chi connectivity index (χ2n) is 5.37. The van der Waals surface area contributed by atoms with Crippen molar-refractivity contribution in [3.05, 3.63) is 72.8 Å². The molecule has 0 aliphatic rings. The van der Waals surface area contributed by atoms with Crippen molar-refractivity contribution in [3.8, 4) is 0 Å². The quantitative estimate of drug-likeness (QED) is 0.379. The van der Waals surface area contributed by atoms with E-state index in [2.05, 4.69) is 72.2 Å².